The van der Waals surface area contributed by atoms with Crippen LogP contribution in [0.5, 0.6) is 0 Å². The molecule has 0 unspecified atom stereocenters. The van der Waals surface area contributed by atoms with Crippen molar-refractivity contribution in [3.8, 4) is 0 Å². The van der Waals surface area contributed by atoms with Crippen LogP contribution in [0.2, 0.25) is 0 Å². The molecule has 4 heteroatoms. The van der Waals surface area contributed by atoms with Gasteiger partial charge in [0.2, 0.25) is 0 Å². The fraction of sp³-hybridized carbons (Fsp3) is 1.00. The van der Waals surface area contributed by atoms with Crippen LogP contribution in [0.3, 0.4) is 0 Å². The highest BCUT2D eigenvalue weighted by molar-refractivity contribution is 6.25. The second-order valence-corrected chi connectivity index (χ2v) is 7.69. The summed E-state index contributed by atoms with van der Waals surface area (Å²) in [6.45, 7) is 3.49. The van der Waals surface area contributed by atoms with Gasteiger partial charge in [-0.15, -0.1) is 0 Å². The second-order valence-electron chi connectivity index (χ2n) is 3.07. The SMILES string of the molecule is C[C@H](CN(C)C)N([SiH3])[SiH3]. The predicted molar refractivity (Wildman–Crippen MR) is 49.7 cm³/mol. The Morgan fingerprint density at radius 1 is 1.33 bits per heavy atom. The first kappa shape index (κ1) is 9.35. The van der Waals surface area contributed by atoms with E-state index in [0.717, 1.165) is 6.04 Å². The van der Waals surface area contributed by atoms with Crippen LogP contribution >= 0.6 is 0 Å². The van der Waals surface area contributed by atoms with E-state index < -0.39 is 0 Å². The van der Waals surface area contributed by atoms with Crippen molar-refractivity contribution >= 4 is 20.8 Å². The van der Waals surface area contributed by atoms with E-state index >= 15 is 0 Å². The molecule has 2 nitrogen and oxygen atoms in total. The molecule has 56 valence electrons. The Hall–Kier alpha value is 0.354. The molecule has 0 heterocycles. The topological polar surface area (TPSA) is 6.48 Å². The zero-order valence-corrected chi connectivity index (χ0v) is 11.2. The van der Waals surface area contributed by atoms with Crippen molar-refractivity contribution in [3.05, 3.63) is 0 Å². The average Bonchev–Trinajstić information content (AvgIpc) is 1.63. The van der Waals surface area contributed by atoms with Gasteiger partial charge in [-0.3, -0.25) is 0 Å². The smallest absolute Gasteiger partial charge is 0.0701 e. The third kappa shape index (κ3) is 4.83. The molecule has 9 heavy (non-hydrogen) atoms. The van der Waals surface area contributed by atoms with Crippen molar-refractivity contribution in [2.24, 2.45) is 0 Å². The Morgan fingerprint density at radius 2 is 1.78 bits per heavy atom. The van der Waals surface area contributed by atoms with E-state index in [1.54, 1.807) is 0 Å². The summed E-state index contributed by atoms with van der Waals surface area (Å²) in [5.41, 5.74) is 0. The van der Waals surface area contributed by atoms with Crippen LogP contribution in [0.25, 0.3) is 0 Å². The van der Waals surface area contributed by atoms with E-state index in [1.807, 2.05) is 0 Å². The molecule has 0 radical (unpaired) electrons. The largest absolute Gasteiger partial charge is 0.357 e. The maximum atomic E-state index is 2.50. The molecular formula is C5H18N2Si2. The minimum atomic E-state index is 0.776. The Kier molecular flexibility index (Phi) is 4.38. The van der Waals surface area contributed by atoms with Gasteiger partial charge in [0.1, 0.15) is 0 Å². The lowest BCUT2D eigenvalue weighted by atomic mass is 10.3. The molecule has 0 aromatic carbocycles. The highest BCUT2D eigenvalue weighted by Crippen LogP contribution is 1.90. The molecule has 0 saturated heterocycles. The van der Waals surface area contributed by atoms with Crippen LogP contribution < -0.4 is 0 Å². The zero-order chi connectivity index (χ0) is 7.44. The first-order valence-corrected chi connectivity index (χ1v) is 5.14. The van der Waals surface area contributed by atoms with Crippen molar-refractivity contribution in [2.45, 2.75) is 13.0 Å². The molecule has 0 N–H and O–H groups in total. The first-order valence-electron chi connectivity index (χ1n) is 3.35. The van der Waals surface area contributed by atoms with Gasteiger partial charge in [0.25, 0.3) is 0 Å². The van der Waals surface area contributed by atoms with E-state index in [2.05, 4.69) is 30.2 Å². The van der Waals surface area contributed by atoms with E-state index in [4.69, 9.17) is 0 Å². The van der Waals surface area contributed by atoms with Gasteiger partial charge < -0.3 is 9.13 Å². The molecule has 0 amide bonds. The molecule has 0 aromatic heterocycles. The van der Waals surface area contributed by atoms with Crippen LogP contribution in [0.4, 0.5) is 0 Å². The summed E-state index contributed by atoms with van der Waals surface area (Å²) in [7, 11) is 6.71. The minimum absolute atomic E-state index is 0.776. The summed E-state index contributed by atoms with van der Waals surface area (Å²) in [6, 6.07) is 0.776. The summed E-state index contributed by atoms with van der Waals surface area (Å²) in [5.74, 6) is 0. The van der Waals surface area contributed by atoms with E-state index in [0.29, 0.717) is 0 Å². The number of likely N-dealkylation sites (N-methyl/N-ethyl adjacent to an activating group) is 1. The molecule has 0 aromatic rings. The number of hydrogen-bond donors (Lipinski definition) is 0. The van der Waals surface area contributed by atoms with Crippen molar-refractivity contribution in [2.75, 3.05) is 20.6 Å². The summed E-state index contributed by atoms with van der Waals surface area (Å²) < 4.78 is 2.50. The van der Waals surface area contributed by atoms with Crippen LogP contribution in [0.15, 0.2) is 0 Å². The molecule has 0 rings (SSSR count). The highest BCUT2D eigenvalue weighted by atomic mass is 28.2. The second kappa shape index (κ2) is 4.21. The third-order valence-corrected chi connectivity index (χ3v) is 3.27. The van der Waals surface area contributed by atoms with Gasteiger partial charge in [-0.1, -0.05) is 0 Å². The van der Waals surface area contributed by atoms with Gasteiger partial charge in [0.15, 0.2) is 0 Å². The summed E-state index contributed by atoms with van der Waals surface area (Å²) >= 11 is 0. The van der Waals surface area contributed by atoms with Gasteiger partial charge in [-0.25, -0.2) is 0 Å². The van der Waals surface area contributed by atoms with Gasteiger partial charge in [0.05, 0.1) is 20.8 Å². The monoisotopic (exact) mass is 162 g/mol. The maximum absolute atomic E-state index is 2.50. The highest BCUT2D eigenvalue weighted by Gasteiger charge is 2.02. The van der Waals surface area contributed by atoms with E-state index in [1.165, 1.54) is 27.4 Å². The third-order valence-electron chi connectivity index (χ3n) is 1.51. The van der Waals surface area contributed by atoms with Crippen LogP contribution in [0.1, 0.15) is 6.92 Å². The van der Waals surface area contributed by atoms with Gasteiger partial charge in [-0.05, 0) is 21.0 Å². The Bertz CT molecular complexity index is 75.4. The number of nitrogens with zero attached hydrogens (tertiary/aromatic N) is 2. The van der Waals surface area contributed by atoms with Crippen molar-refractivity contribution in [1.29, 1.82) is 0 Å². The molecule has 0 aliphatic rings. The minimum Gasteiger partial charge on any atom is -0.357 e. The molecule has 0 saturated carbocycles. The van der Waals surface area contributed by atoms with Crippen LogP contribution in [-0.2, 0) is 0 Å². The van der Waals surface area contributed by atoms with Gasteiger partial charge >= 0.3 is 0 Å². The average molecular weight is 162 g/mol. The maximum Gasteiger partial charge on any atom is 0.0701 e. The summed E-state index contributed by atoms with van der Waals surface area (Å²) in [5, 5.41) is 0. The molecule has 0 bridgehead atoms. The fourth-order valence-corrected chi connectivity index (χ4v) is 1.02. The van der Waals surface area contributed by atoms with Crippen molar-refractivity contribution in [3.63, 3.8) is 0 Å². The first-order chi connectivity index (χ1) is 4.04. The number of rotatable bonds is 3. The zero-order valence-electron chi connectivity index (χ0n) is 7.18. The molecule has 1 atom stereocenters. The predicted octanol–water partition coefficient (Wildman–Crippen LogP) is -2.20. The standard InChI is InChI=1S/C5H18N2Si2/c1-5(7(8)9)4-6(2)3/h5H,4H2,1-3,8-9H3/t5-/m1/s1. The Labute approximate surface area is 64.2 Å². The van der Waals surface area contributed by atoms with Gasteiger partial charge in [0, 0.05) is 12.6 Å². The number of hydrogen-bond acceptors (Lipinski definition) is 2. The lowest BCUT2D eigenvalue weighted by Crippen LogP contribution is -2.36. The van der Waals surface area contributed by atoms with Crippen LogP contribution in [0, 0.1) is 0 Å². The Morgan fingerprint density at radius 3 is 1.89 bits per heavy atom. The molecule has 0 spiro atoms. The van der Waals surface area contributed by atoms with Gasteiger partial charge in [-0.2, -0.15) is 0 Å². The molecule has 0 aliphatic heterocycles. The van der Waals surface area contributed by atoms with Crippen LogP contribution in [-0.4, -0.2) is 56.6 Å². The fourth-order valence-electron chi connectivity index (χ4n) is 0.692. The van der Waals surface area contributed by atoms with Crippen molar-refractivity contribution < 1.29 is 0 Å². The molecular weight excluding hydrogens is 144 g/mol. The van der Waals surface area contributed by atoms with E-state index in [-0.39, 0.29) is 0 Å². The van der Waals surface area contributed by atoms with Crippen molar-refractivity contribution in [1.82, 2.24) is 9.13 Å². The quantitative estimate of drug-likeness (QED) is 0.435. The normalized spacial score (nSPS) is 15.7. The molecule has 0 aliphatic carbocycles. The Balaban J connectivity index is 3.38. The lowest BCUT2D eigenvalue weighted by Gasteiger charge is -2.23. The molecule has 0 fully saturated rings. The summed E-state index contributed by atoms with van der Waals surface area (Å²) in [6.07, 6.45) is 0. The summed E-state index contributed by atoms with van der Waals surface area (Å²) in [4.78, 5) is 2.24. The van der Waals surface area contributed by atoms with E-state index in [9.17, 15) is 0 Å². The lowest BCUT2D eigenvalue weighted by molar-refractivity contribution is 0.335.